The molecule has 24 heavy (non-hydrogen) atoms. The van der Waals surface area contributed by atoms with E-state index in [1.54, 1.807) is 11.5 Å². The monoisotopic (exact) mass is 317 g/mol. The molecule has 0 spiro atoms. The van der Waals surface area contributed by atoms with E-state index in [0.29, 0.717) is 28.7 Å². The summed E-state index contributed by atoms with van der Waals surface area (Å²) in [5, 5.41) is 0.530. The fourth-order valence-corrected chi connectivity index (χ4v) is 2.74. The Balaban J connectivity index is 2.46. The molecule has 1 aromatic heterocycles. The van der Waals surface area contributed by atoms with Gasteiger partial charge < -0.3 is 5.73 Å². The van der Waals surface area contributed by atoms with Crippen molar-refractivity contribution in [2.24, 2.45) is 5.73 Å². The van der Waals surface area contributed by atoms with Gasteiger partial charge in [0.15, 0.2) is 0 Å². The quantitative estimate of drug-likeness (QED) is 0.755. The van der Waals surface area contributed by atoms with Gasteiger partial charge in [-0.05, 0) is 37.6 Å². The fourth-order valence-electron chi connectivity index (χ4n) is 2.74. The lowest BCUT2D eigenvalue weighted by Crippen LogP contribution is -2.28. The number of nitrogens with zero attached hydrogens (tertiary/aromatic N) is 2. The number of hydrogen-bond acceptors (Lipinski definition) is 3. The van der Waals surface area contributed by atoms with Crippen molar-refractivity contribution >= 4 is 10.9 Å². The van der Waals surface area contributed by atoms with Gasteiger partial charge in [-0.3, -0.25) is 9.36 Å². The second kappa shape index (κ2) is 6.69. The van der Waals surface area contributed by atoms with Gasteiger partial charge in [0, 0.05) is 5.56 Å². The summed E-state index contributed by atoms with van der Waals surface area (Å²) in [6.45, 7) is 3.73. The highest BCUT2D eigenvalue weighted by atomic mass is 16.1. The van der Waals surface area contributed by atoms with Gasteiger partial charge in [-0.2, -0.15) is 0 Å². The Hall–Kier alpha value is -2.90. The molecule has 0 fully saturated rings. The zero-order valence-corrected chi connectivity index (χ0v) is 13.8. The van der Waals surface area contributed by atoms with Crippen LogP contribution in [0, 0.1) is 11.8 Å². The maximum atomic E-state index is 13.3. The van der Waals surface area contributed by atoms with Crippen molar-refractivity contribution in [1.29, 1.82) is 0 Å². The molecular formula is C20H19N3O. The molecular weight excluding hydrogens is 298 g/mol. The first-order chi connectivity index (χ1) is 11.7. The minimum absolute atomic E-state index is 0.136. The van der Waals surface area contributed by atoms with Crippen molar-refractivity contribution in [2.45, 2.75) is 26.3 Å². The van der Waals surface area contributed by atoms with Crippen LogP contribution in [0.4, 0.5) is 0 Å². The number of aromatic nitrogens is 2. The van der Waals surface area contributed by atoms with E-state index < -0.39 is 0 Å². The first-order valence-corrected chi connectivity index (χ1v) is 7.96. The third kappa shape index (κ3) is 2.70. The van der Waals surface area contributed by atoms with Gasteiger partial charge in [-0.25, -0.2) is 4.98 Å². The number of para-hydroxylation sites is 1. The van der Waals surface area contributed by atoms with E-state index in [4.69, 9.17) is 10.7 Å². The van der Waals surface area contributed by atoms with Crippen molar-refractivity contribution in [2.75, 3.05) is 0 Å². The number of fused-ring (bicyclic) bond motifs is 1. The van der Waals surface area contributed by atoms with Gasteiger partial charge in [0.05, 0.1) is 22.6 Å². The van der Waals surface area contributed by atoms with Crippen LogP contribution >= 0.6 is 0 Å². The van der Waals surface area contributed by atoms with E-state index in [-0.39, 0.29) is 11.6 Å². The first kappa shape index (κ1) is 16.0. The minimum atomic E-state index is -0.316. The molecule has 0 aliphatic rings. The van der Waals surface area contributed by atoms with Crippen LogP contribution in [-0.4, -0.2) is 9.55 Å². The molecule has 3 aromatic rings. The van der Waals surface area contributed by atoms with Crippen molar-refractivity contribution in [1.82, 2.24) is 9.55 Å². The highest BCUT2D eigenvalue weighted by molar-refractivity contribution is 5.84. The molecule has 120 valence electrons. The molecule has 0 saturated heterocycles. The summed E-state index contributed by atoms with van der Waals surface area (Å²) in [6.07, 6.45) is 0.694. The van der Waals surface area contributed by atoms with E-state index in [1.165, 1.54) is 0 Å². The summed E-state index contributed by atoms with van der Waals surface area (Å²) in [5.74, 6) is 6.43. The number of benzene rings is 2. The Morgan fingerprint density at radius 2 is 1.92 bits per heavy atom. The van der Waals surface area contributed by atoms with E-state index in [2.05, 4.69) is 11.8 Å². The summed E-state index contributed by atoms with van der Waals surface area (Å²) in [4.78, 5) is 18.0. The summed E-state index contributed by atoms with van der Waals surface area (Å²) < 4.78 is 1.61. The lowest BCUT2D eigenvalue weighted by Gasteiger charge is -2.17. The fraction of sp³-hybridized carbons (Fsp3) is 0.200. The van der Waals surface area contributed by atoms with Crippen molar-refractivity contribution < 1.29 is 0 Å². The number of nitrogens with two attached hydrogens (primary N) is 1. The zero-order valence-electron chi connectivity index (χ0n) is 13.8. The average molecular weight is 317 g/mol. The summed E-state index contributed by atoms with van der Waals surface area (Å²) in [6, 6.07) is 14.7. The molecule has 1 atom stereocenters. The van der Waals surface area contributed by atoms with Gasteiger partial charge in [0.2, 0.25) is 0 Å². The average Bonchev–Trinajstić information content (AvgIpc) is 2.61. The predicted octanol–water partition coefficient (Wildman–Crippen LogP) is 3.17. The minimum Gasteiger partial charge on any atom is -0.321 e. The van der Waals surface area contributed by atoms with Gasteiger partial charge >= 0.3 is 0 Å². The summed E-state index contributed by atoms with van der Waals surface area (Å²) in [5.41, 5.74) is 8.18. The second-order valence-corrected chi connectivity index (χ2v) is 5.54. The first-order valence-electron chi connectivity index (χ1n) is 7.96. The van der Waals surface area contributed by atoms with Gasteiger partial charge in [0.25, 0.3) is 5.56 Å². The molecule has 0 radical (unpaired) electrons. The van der Waals surface area contributed by atoms with E-state index in [0.717, 1.165) is 5.69 Å². The summed E-state index contributed by atoms with van der Waals surface area (Å²) in [7, 11) is 0. The van der Waals surface area contributed by atoms with Crippen LogP contribution in [0.15, 0.2) is 53.3 Å². The molecule has 3 rings (SSSR count). The maximum Gasteiger partial charge on any atom is 0.267 e. The smallest absolute Gasteiger partial charge is 0.267 e. The van der Waals surface area contributed by atoms with Crippen LogP contribution in [0.25, 0.3) is 16.6 Å². The molecule has 0 saturated carbocycles. The van der Waals surface area contributed by atoms with Crippen molar-refractivity contribution in [3.05, 3.63) is 70.3 Å². The third-order valence-corrected chi connectivity index (χ3v) is 3.97. The molecule has 4 heteroatoms. The highest BCUT2D eigenvalue weighted by Gasteiger charge is 2.18. The van der Waals surface area contributed by atoms with E-state index >= 15 is 0 Å². The predicted molar refractivity (Wildman–Crippen MR) is 97.1 cm³/mol. The standard InChI is InChI=1S/C20H19N3O/c1-3-9-14-10-8-13-17-18(14)20(24)23(15-11-6-5-7-12-15)19(22-17)16(21)4-2/h5-8,10-13,16H,4,21H2,1-2H3. The molecule has 0 bridgehead atoms. The largest absolute Gasteiger partial charge is 0.321 e. The van der Waals surface area contributed by atoms with Crippen molar-refractivity contribution in [3.63, 3.8) is 0 Å². The molecule has 2 N–H and O–H groups in total. The van der Waals surface area contributed by atoms with E-state index in [1.807, 2.05) is 55.5 Å². The maximum absolute atomic E-state index is 13.3. The third-order valence-electron chi connectivity index (χ3n) is 3.97. The second-order valence-electron chi connectivity index (χ2n) is 5.54. The van der Waals surface area contributed by atoms with Crippen LogP contribution in [0.2, 0.25) is 0 Å². The molecule has 0 aliphatic carbocycles. The van der Waals surface area contributed by atoms with Crippen LogP contribution in [0.1, 0.15) is 37.7 Å². The Morgan fingerprint density at radius 3 is 2.58 bits per heavy atom. The molecule has 2 aromatic carbocycles. The Kier molecular flexibility index (Phi) is 4.45. The normalized spacial score (nSPS) is 11.8. The lowest BCUT2D eigenvalue weighted by atomic mass is 10.1. The van der Waals surface area contributed by atoms with Gasteiger partial charge in [0.1, 0.15) is 5.82 Å². The molecule has 0 amide bonds. The van der Waals surface area contributed by atoms with Gasteiger partial charge in [-0.1, -0.05) is 37.1 Å². The molecule has 0 aliphatic heterocycles. The SMILES string of the molecule is CC#Cc1cccc2nc(C(N)CC)n(-c3ccccc3)c(=O)c12. The Bertz CT molecular complexity index is 994. The zero-order chi connectivity index (χ0) is 17.1. The van der Waals surface area contributed by atoms with E-state index in [9.17, 15) is 4.79 Å². The molecule has 1 unspecified atom stereocenters. The van der Waals surface area contributed by atoms with Crippen LogP contribution in [-0.2, 0) is 0 Å². The molecule has 1 heterocycles. The topological polar surface area (TPSA) is 60.9 Å². The highest BCUT2D eigenvalue weighted by Crippen LogP contribution is 2.20. The van der Waals surface area contributed by atoms with Gasteiger partial charge in [-0.15, -0.1) is 5.92 Å². The van der Waals surface area contributed by atoms with Crippen LogP contribution in [0.3, 0.4) is 0 Å². The van der Waals surface area contributed by atoms with Crippen LogP contribution in [0.5, 0.6) is 0 Å². The lowest BCUT2D eigenvalue weighted by molar-refractivity contribution is 0.623. The Morgan fingerprint density at radius 1 is 1.17 bits per heavy atom. The number of hydrogen-bond donors (Lipinski definition) is 1. The number of rotatable bonds is 3. The van der Waals surface area contributed by atoms with Crippen LogP contribution < -0.4 is 11.3 Å². The summed E-state index contributed by atoms with van der Waals surface area (Å²) >= 11 is 0. The molecule has 4 nitrogen and oxygen atoms in total. The Labute approximate surface area is 141 Å². The van der Waals surface area contributed by atoms with Crippen molar-refractivity contribution in [3.8, 4) is 17.5 Å².